The van der Waals surface area contributed by atoms with Gasteiger partial charge in [0.05, 0.1) is 12.2 Å². The summed E-state index contributed by atoms with van der Waals surface area (Å²) < 4.78 is 0. The van der Waals surface area contributed by atoms with E-state index in [0.717, 1.165) is 50.3 Å². The first kappa shape index (κ1) is 23.5. The van der Waals surface area contributed by atoms with Gasteiger partial charge >= 0.3 is 0 Å². The zero-order valence-corrected chi connectivity index (χ0v) is 20.8. The molecule has 1 aliphatic rings. The molecule has 176 valence electrons. The van der Waals surface area contributed by atoms with E-state index >= 15 is 0 Å². The second kappa shape index (κ2) is 10.1. The molecule has 0 radical (unpaired) electrons. The molecule has 2 N–H and O–H groups in total. The molecule has 33 heavy (non-hydrogen) atoms. The molecule has 0 unspecified atom stereocenters. The molecule has 1 aromatic carbocycles. The number of piperidine rings is 1. The fraction of sp³-hybridized carbons (Fsp3) is 0.500. The second-order valence-electron chi connectivity index (χ2n) is 9.91. The fourth-order valence-corrected chi connectivity index (χ4v) is 5.24. The van der Waals surface area contributed by atoms with E-state index in [-0.39, 0.29) is 5.91 Å². The molecule has 0 atom stereocenters. The number of rotatable bonds is 7. The van der Waals surface area contributed by atoms with Crippen molar-refractivity contribution in [1.29, 1.82) is 0 Å². The highest BCUT2D eigenvalue weighted by Crippen LogP contribution is 2.38. The topological polar surface area (TPSA) is 61.0 Å². The third-order valence-electron chi connectivity index (χ3n) is 6.81. The van der Waals surface area contributed by atoms with Gasteiger partial charge in [0.25, 0.3) is 0 Å². The number of nitrogens with zero attached hydrogens (tertiary/aromatic N) is 2. The van der Waals surface area contributed by atoms with Crippen molar-refractivity contribution in [2.75, 3.05) is 26.2 Å². The molecule has 5 heteroatoms. The van der Waals surface area contributed by atoms with E-state index in [1.165, 1.54) is 33.3 Å². The number of nitrogens with one attached hydrogen (secondary N) is 2. The summed E-state index contributed by atoms with van der Waals surface area (Å²) in [7, 11) is 0. The molecular weight excluding hydrogens is 408 g/mol. The molecule has 1 aliphatic heterocycles. The van der Waals surface area contributed by atoms with E-state index in [2.05, 4.69) is 85.1 Å². The van der Waals surface area contributed by atoms with Crippen LogP contribution in [0.3, 0.4) is 0 Å². The Labute approximate surface area is 198 Å². The van der Waals surface area contributed by atoms with Gasteiger partial charge in [0.1, 0.15) is 0 Å². The number of carbonyl (C=O) groups is 1. The third-order valence-corrected chi connectivity index (χ3v) is 6.81. The first-order valence-corrected chi connectivity index (χ1v) is 12.5. The lowest BCUT2D eigenvalue weighted by atomic mass is 9.87. The normalized spacial score (nSPS) is 15.5. The quantitative estimate of drug-likeness (QED) is 0.491. The van der Waals surface area contributed by atoms with Gasteiger partial charge < -0.3 is 10.3 Å². The van der Waals surface area contributed by atoms with Crippen molar-refractivity contribution in [3.8, 4) is 11.3 Å². The summed E-state index contributed by atoms with van der Waals surface area (Å²) in [6.45, 7) is 14.0. The summed E-state index contributed by atoms with van der Waals surface area (Å²) in [6, 6.07) is 11.3. The molecule has 0 saturated carbocycles. The van der Waals surface area contributed by atoms with Crippen LogP contribution in [-0.2, 0) is 4.79 Å². The average Bonchev–Trinajstić information content (AvgIpc) is 3.17. The van der Waals surface area contributed by atoms with E-state index in [4.69, 9.17) is 0 Å². The van der Waals surface area contributed by atoms with E-state index in [9.17, 15) is 4.79 Å². The van der Waals surface area contributed by atoms with Crippen LogP contribution in [0.5, 0.6) is 0 Å². The van der Waals surface area contributed by atoms with E-state index in [1.54, 1.807) is 0 Å². The Balaban J connectivity index is 1.56. The van der Waals surface area contributed by atoms with Crippen molar-refractivity contribution >= 4 is 16.8 Å². The van der Waals surface area contributed by atoms with E-state index in [0.29, 0.717) is 18.4 Å². The highest BCUT2D eigenvalue weighted by Gasteiger charge is 2.24. The Morgan fingerprint density at radius 1 is 1.15 bits per heavy atom. The number of hydrogen-bond donors (Lipinski definition) is 2. The Morgan fingerprint density at radius 3 is 2.48 bits per heavy atom. The number of carbonyl (C=O) groups excluding carboxylic acids is 1. The number of amides is 1. The lowest BCUT2D eigenvalue weighted by Crippen LogP contribution is -2.41. The van der Waals surface area contributed by atoms with Crippen LogP contribution in [0, 0.1) is 13.8 Å². The fourth-order valence-electron chi connectivity index (χ4n) is 5.24. The van der Waals surface area contributed by atoms with Crippen molar-refractivity contribution in [3.63, 3.8) is 0 Å². The smallest absolute Gasteiger partial charge is 0.234 e. The summed E-state index contributed by atoms with van der Waals surface area (Å²) in [5.74, 6) is 1.12. The molecule has 1 saturated heterocycles. The molecule has 0 spiro atoms. The van der Waals surface area contributed by atoms with E-state index < -0.39 is 0 Å². The Morgan fingerprint density at radius 2 is 1.85 bits per heavy atom. The first-order chi connectivity index (χ1) is 15.9. The minimum absolute atomic E-state index is 0.153. The monoisotopic (exact) mass is 446 g/mol. The molecule has 5 nitrogen and oxygen atoms in total. The standard InChI is InChI=1S/C28H38N4O/c1-6-11-29-26(33)17-32-12-9-21(10-13-32)22-7-8-25-24(16-22)27(18(2)3)28(31-25)23-14-19(4)30-20(5)15-23/h7-8,14-16,18,21,31H,6,9-13,17H2,1-5H3,(H,29,33). The van der Waals surface area contributed by atoms with Gasteiger partial charge in [-0.15, -0.1) is 0 Å². The zero-order chi connectivity index (χ0) is 23.5. The summed E-state index contributed by atoms with van der Waals surface area (Å²) in [6.07, 6.45) is 3.18. The zero-order valence-electron chi connectivity index (χ0n) is 20.8. The second-order valence-corrected chi connectivity index (χ2v) is 9.91. The Hall–Kier alpha value is -2.66. The lowest BCUT2D eigenvalue weighted by molar-refractivity contribution is -0.122. The van der Waals surface area contributed by atoms with Crippen LogP contribution in [0.4, 0.5) is 0 Å². The van der Waals surface area contributed by atoms with E-state index in [1.807, 2.05) is 0 Å². The predicted molar refractivity (Wildman–Crippen MR) is 137 cm³/mol. The maximum atomic E-state index is 12.1. The number of benzene rings is 1. The number of aryl methyl sites for hydroxylation is 2. The number of H-pyrrole nitrogens is 1. The van der Waals surface area contributed by atoms with Crippen LogP contribution in [0.1, 0.15) is 74.4 Å². The van der Waals surface area contributed by atoms with Gasteiger partial charge in [-0.25, -0.2) is 0 Å². The predicted octanol–water partition coefficient (Wildman–Crippen LogP) is 5.68. The molecule has 4 rings (SSSR count). The molecule has 0 aliphatic carbocycles. The van der Waals surface area contributed by atoms with Gasteiger partial charge in [0.2, 0.25) is 5.91 Å². The number of aromatic nitrogens is 2. The molecule has 1 amide bonds. The molecule has 0 bridgehead atoms. The Kier molecular flexibility index (Phi) is 7.18. The minimum atomic E-state index is 0.153. The van der Waals surface area contributed by atoms with Gasteiger partial charge in [-0.3, -0.25) is 14.7 Å². The van der Waals surface area contributed by atoms with Crippen LogP contribution in [0.15, 0.2) is 30.3 Å². The molecule has 3 heterocycles. The van der Waals surface area contributed by atoms with Crippen molar-refractivity contribution < 1.29 is 4.79 Å². The van der Waals surface area contributed by atoms with Crippen LogP contribution in [-0.4, -0.2) is 47.0 Å². The highest BCUT2D eigenvalue weighted by atomic mass is 16.2. The van der Waals surface area contributed by atoms with Crippen molar-refractivity contribution in [1.82, 2.24) is 20.2 Å². The minimum Gasteiger partial charge on any atom is -0.355 e. The number of aromatic amines is 1. The first-order valence-electron chi connectivity index (χ1n) is 12.5. The van der Waals surface area contributed by atoms with Crippen LogP contribution < -0.4 is 5.32 Å². The van der Waals surface area contributed by atoms with Crippen molar-refractivity contribution in [2.24, 2.45) is 0 Å². The van der Waals surface area contributed by atoms with Gasteiger partial charge in [-0.1, -0.05) is 26.8 Å². The Bertz CT molecular complexity index is 1100. The van der Waals surface area contributed by atoms with Gasteiger partial charge in [-0.2, -0.15) is 0 Å². The summed E-state index contributed by atoms with van der Waals surface area (Å²) in [5, 5.41) is 4.33. The number of hydrogen-bond acceptors (Lipinski definition) is 3. The average molecular weight is 447 g/mol. The van der Waals surface area contributed by atoms with Crippen LogP contribution in [0.2, 0.25) is 0 Å². The van der Waals surface area contributed by atoms with Crippen molar-refractivity contribution in [3.05, 3.63) is 52.8 Å². The largest absolute Gasteiger partial charge is 0.355 e. The van der Waals surface area contributed by atoms with Crippen LogP contribution >= 0.6 is 0 Å². The summed E-state index contributed by atoms with van der Waals surface area (Å²) >= 11 is 0. The highest BCUT2D eigenvalue weighted by molar-refractivity contribution is 5.92. The van der Waals surface area contributed by atoms with Gasteiger partial charge in [-0.05, 0) is 93.4 Å². The summed E-state index contributed by atoms with van der Waals surface area (Å²) in [5.41, 5.74) is 8.56. The molecule has 3 aromatic rings. The maximum absolute atomic E-state index is 12.1. The number of pyridine rings is 1. The van der Waals surface area contributed by atoms with Gasteiger partial charge in [0, 0.05) is 34.4 Å². The lowest BCUT2D eigenvalue weighted by Gasteiger charge is -2.31. The van der Waals surface area contributed by atoms with Gasteiger partial charge in [0.15, 0.2) is 0 Å². The third kappa shape index (κ3) is 5.30. The number of fused-ring (bicyclic) bond motifs is 1. The van der Waals surface area contributed by atoms with Crippen LogP contribution in [0.25, 0.3) is 22.2 Å². The molecule has 1 fully saturated rings. The SMILES string of the molecule is CCCNC(=O)CN1CCC(c2ccc3[nH]c(-c4cc(C)nc(C)c4)c(C(C)C)c3c2)CC1. The summed E-state index contributed by atoms with van der Waals surface area (Å²) in [4.78, 5) is 22.6. The molecule has 2 aromatic heterocycles. The maximum Gasteiger partial charge on any atom is 0.234 e. The van der Waals surface area contributed by atoms with Crippen molar-refractivity contribution in [2.45, 2.75) is 65.7 Å². The number of likely N-dealkylation sites (tertiary alicyclic amines) is 1. The molecular formula is C28H38N4O.